The molecule has 9 heteroatoms. The zero-order valence-electron chi connectivity index (χ0n) is 20.6. The van der Waals surface area contributed by atoms with E-state index in [2.05, 4.69) is 10.1 Å². The first kappa shape index (κ1) is 25.3. The number of esters is 1. The maximum Gasteiger partial charge on any atom is 0.337 e. The molecule has 39 heavy (non-hydrogen) atoms. The Kier molecular flexibility index (Phi) is 6.88. The molecule has 0 aromatic heterocycles. The molecule has 4 aromatic carbocycles. The van der Waals surface area contributed by atoms with Crippen LogP contribution in [0.5, 0.6) is 5.75 Å². The number of rotatable bonds is 6. The number of halogens is 1. The zero-order chi connectivity index (χ0) is 27.5. The summed E-state index contributed by atoms with van der Waals surface area (Å²) in [5.74, 6) is -2.33. The zero-order valence-corrected chi connectivity index (χ0v) is 20.6. The Hall–Kier alpha value is -5.31. The molecule has 194 valence electrons. The van der Waals surface area contributed by atoms with Crippen LogP contribution in [0.15, 0.2) is 90.5 Å². The highest BCUT2D eigenvalue weighted by Gasteiger charge is 2.37. The number of nitrogens with zero attached hydrogens (tertiary/aromatic N) is 1. The number of urea groups is 1. The molecule has 0 bridgehead atoms. The van der Waals surface area contributed by atoms with Crippen molar-refractivity contribution in [1.82, 2.24) is 5.32 Å². The summed E-state index contributed by atoms with van der Waals surface area (Å²) in [6, 6.07) is 21.6. The molecule has 0 saturated carbocycles. The molecule has 1 heterocycles. The number of imide groups is 2. The van der Waals surface area contributed by atoms with Gasteiger partial charge in [-0.15, -0.1) is 0 Å². The molecule has 0 aliphatic carbocycles. The first-order chi connectivity index (χ1) is 18.9. The molecule has 4 amide bonds. The molecule has 1 aliphatic rings. The number of carbonyl (C=O) groups excluding carboxylic acids is 4. The second-order valence-electron chi connectivity index (χ2n) is 8.61. The Morgan fingerprint density at radius 2 is 1.72 bits per heavy atom. The molecule has 1 N–H and O–H groups in total. The van der Waals surface area contributed by atoms with Crippen LogP contribution in [0.2, 0.25) is 0 Å². The topological polar surface area (TPSA) is 102 Å². The number of methoxy groups -OCH3 is 1. The van der Waals surface area contributed by atoms with E-state index in [-0.39, 0.29) is 23.4 Å². The molecule has 5 rings (SSSR count). The number of barbiturate groups is 1. The molecule has 8 nitrogen and oxygen atoms in total. The molecule has 4 aromatic rings. The minimum Gasteiger partial charge on any atom is -0.488 e. The number of carbonyl (C=O) groups is 4. The van der Waals surface area contributed by atoms with Crippen molar-refractivity contribution in [1.29, 1.82) is 0 Å². The minimum absolute atomic E-state index is 0.0452. The third-order valence-corrected chi connectivity index (χ3v) is 6.15. The average molecular weight is 525 g/mol. The third kappa shape index (κ3) is 5.10. The van der Waals surface area contributed by atoms with Crippen LogP contribution in [0.4, 0.5) is 14.9 Å². The molecule has 0 atom stereocenters. The third-order valence-electron chi connectivity index (χ3n) is 6.15. The lowest BCUT2D eigenvalue weighted by Crippen LogP contribution is -2.54. The molecular formula is C30H21FN2O6. The lowest BCUT2D eigenvalue weighted by molar-refractivity contribution is -0.122. The number of nitrogens with one attached hydrogen (secondary N) is 1. The van der Waals surface area contributed by atoms with Gasteiger partial charge in [0.1, 0.15) is 23.7 Å². The van der Waals surface area contributed by atoms with Crippen LogP contribution in [-0.2, 0) is 20.9 Å². The van der Waals surface area contributed by atoms with Gasteiger partial charge in [-0.2, -0.15) is 0 Å². The van der Waals surface area contributed by atoms with Gasteiger partial charge in [0.25, 0.3) is 11.8 Å². The summed E-state index contributed by atoms with van der Waals surface area (Å²) in [6.45, 7) is 0.0452. The van der Waals surface area contributed by atoms with Gasteiger partial charge in [0, 0.05) is 5.56 Å². The number of benzene rings is 4. The summed E-state index contributed by atoms with van der Waals surface area (Å²) < 4.78 is 24.3. The Morgan fingerprint density at radius 3 is 2.46 bits per heavy atom. The van der Waals surface area contributed by atoms with Gasteiger partial charge < -0.3 is 9.47 Å². The largest absolute Gasteiger partial charge is 0.488 e. The molecular weight excluding hydrogens is 503 g/mol. The monoisotopic (exact) mass is 524 g/mol. The number of anilines is 1. The highest BCUT2D eigenvalue weighted by Crippen LogP contribution is 2.32. The van der Waals surface area contributed by atoms with Crippen molar-refractivity contribution in [2.24, 2.45) is 0 Å². The van der Waals surface area contributed by atoms with Gasteiger partial charge in [-0.3, -0.25) is 14.9 Å². The quantitative estimate of drug-likeness (QED) is 0.216. The lowest BCUT2D eigenvalue weighted by Gasteiger charge is -2.26. The summed E-state index contributed by atoms with van der Waals surface area (Å²) in [5.41, 5.74) is 1.13. The number of hydrogen-bond acceptors (Lipinski definition) is 6. The van der Waals surface area contributed by atoms with Crippen molar-refractivity contribution >= 4 is 46.4 Å². The van der Waals surface area contributed by atoms with Crippen LogP contribution in [0, 0.1) is 5.82 Å². The lowest BCUT2D eigenvalue weighted by atomic mass is 9.99. The van der Waals surface area contributed by atoms with Crippen molar-refractivity contribution in [3.63, 3.8) is 0 Å². The van der Waals surface area contributed by atoms with E-state index in [4.69, 9.17) is 4.74 Å². The number of ether oxygens (including phenoxy) is 2. The molecule has 1 aliphatic heterocycles. The van der Waals surface area contributed by atoms with Crippen molar-refractivity contribution in [3.8, 4) is 5.75 Å². The first-order valence-electron chi connectivity index (χ1n) is 11.8. The fraction of sp³-hybridized carbons (Fsp3) is 0.0667. The van der Waals surface area contributed by atoms with Crippen LogP contribution < -0.4 is 15.0 Å². The van der Waals surface area contributed by atoms with E-state index in [0.717, 1.165) is 10.3 Å². The van der Waals surface area contributed by atoms with Crippen LogP contribution in [0.3, 0.4) is 0 Å². The van der Waals surface area contributed by atoms with Crippen LogP contribution in [0.25, 0.3) is 16.8 Å². The average Bonchev–Trinajstić information content (AvgIpc) is 2.94. The maximum absolute atomic E-state index is 13.7. The van der Waals surface area contributed by atoms with Crippen LogP contribution in [0.1, 0.15) is 21.5 Å². The Balaban J connectivity index is 1.55. The number of amides is 4. The predicted octanol–water partition coefficient (Wildman–Crippen LogP) is 5.01. The standard InChI is InChI=1S/C30H21FN2O6/c1-38-29(36)20-9-12-22(13-10-20)33-28(35)25(27(34)32-30(33)37)16-24-23-8-3-2-6-19(23)11-14-26(24)39-17-18-5-4-7-21(31)15-18/h2-16H,17H2,1H3,(H,32,34,37)/b25-16+. The van der Waals surface area contributed by atoms with Crippen molar-refractivity contribution in [2.45, 2.75) is 6.61 Å². The van der Waals surface area contributed by atoms with Crippen LogP contribution >= 0.6 is 0 Å². The van der Waals surface area contributed by atoms with E-state index in [0.29, 0.717) is 22.3 Å². The Morgan fingerprint density at radius 1 is 0.949 bits per heavy atom. The minimum atomic E-state index is -0.923. The smallest absolute Gasteiger partial charge is 0.337 e. The molecule has 1 fully saturated rings. The SMILES string of the molecule is COC(=O)c1ccc(N2C(=O)NC(=O)/C(=C\c3c(OCc4cccc(F)c4)ccc4ccccc34)C2=O)cc1. The summed E-state index contributed by atoms with van der Waals surface area (Å²) in [5, 5.41) is 3.73. The number of fused-ring (bicyclic) bond motifs is 1. The second kappa shape index (κ2) is 10.6. The molecule has 0 unspecified atom stereocenters. The number of hydrogen-bond donors (Lipinski definition) is 1. The highest BCUT2D eigenvalue weighted by atomic mass is 19.1. The van der Waals surface area contributed by atoms with E-state index in [1.807, 2.05) is 30.3 Å². The molecule has 1 saturated heterocycles. The van der Waals surface area contributed by atoms with Gasteiger partial charge in [0.15, 0.2) is 0 Å². The van der Waals surface area contributed by atoms with E-state index in [1.54, 1.807) is 18.2 Å². The molecule has 0 spiro atoms. The van der Waals surface area contributed by atoms with Gasteiger partial charge in [-0.1, -0.05) is 42.5 Å². The summed E-state index contributed by atoms with van der Waals surface area (Å²) in [6.07, 6.45) is 1.38. The fourth-order valence-electron chi connectivity index (χ4n) is 4.24. The van der Waals surface area contributed by atoms with E-state index in [9.17, 15) is 23.6 Å². The van der Waals surface area contributed by atoms with Crippen molar-refractivity contribution in [3.05, 3.63) is 113 Å². The normalized spacial score (nSPS) is 14.5. The van der Waals surface area contributed by atoms with Gasteiger partial charge >= 0.3 is 12.0 Å². The van der Waals surface area contributed by atoms with E-state index < -0.39 is 29.6 Å². The summed E-state index contributed by atoms with van der Waals surface area (Å²) in [7, 11) is 1.24. The maximum atomic E-state index is 13.7. The van der Waals surface area contributed by atoms with Crippen molar-refractivity contribution in [2.75, 3.05) is 12.0 Å². The van der Waals surface area contributed by atoms with Gasteiger partial charge in [-0.25, -0.2) is 18.9 Å². The molecule has 0 radical (unpaired) electrons. The Labute approximate surface area is 222 Å². The predicted molar refractivity (Wildman–Crippen MR) is 141 cm³/mol. The summed E-state index contributed by atoms with van der Waals surface area (Å²) >= 11 is 0. The van der Waals surface area contributed by atoms with Gasteiger partial charge in [0.05, 0.1) is 18.4 Å². The van der Waals surface area contributed by atoms with Crippen molar-refractivity contribution < 1.29 is 33.0 Å². The summed E-state index contributed by atoms with van der Waals surface area (Å²) in [4.78, 5) is 51.6. The fourth-order valence-corrected chi connectivity index (χ4v) is 4.24. The second-order valence-corrected chi connectivity index (χ2v) is 8.61. The van der Waals surface area contributed by atoms with E-state index in [1.165, 1.54) is 49.6 Å². The first-order valence-corrected chi connectivity index (χ1v) is 11.8. The van der Waals surface area contributed by atoms with Gasteiger partial charge in [-0.05, 0) is 64.9 Å². The van der Waals surface area contributed by atoms with Crippen LogP contribution in [-0.4, -0.2) is 30.9 Å². The Bertz CT molecular complexity index is 1660. The van der Waals surface area contributed by atoms with E-state index >= 15 is 0 Å². The highest BCUT2D eigenvalue weighted by molar-refractivity contribution is 6.39. The van der Waals surface area contributed by atoms with Gasteiger partial charge in [0.2, 0.25) is 0 Å².